The minimum absolute atomic E-state index is 0.0566. The molecule has 0 unspecified atom stereocenters. The quantitative estimate of drug-likeness (QED) is 0.339. The highest BCUT2D eigenvalue weighted by Crippen LogP contribution is 2.26. The zero-order valence-electron chi connectivity index (χ0n) is 22.8. The molecule has 0 aliphatic heterocycles. The number of hydrogen-bond acceptors (Lipinski definition) is 4. The van der Waals surface area contributed by atoms with E-state index in [1.165, 1.54) is 17.0 Å². The highest BCUT2D eigenvalue weighted by Gasteiger charge is 2.34. The molecule has 3 rings (SSSR count). The van der Waals surface area contributed by atoms with Crippen molar-refractivity contribution in [3.8, 4) is 0 Å². The molecule has 0 radical (unpaired) electrons. The van der Waals surface area contributed by atoms with Gasteiger partial charge in [-0.3, -0.25) is 13.9 Å². The first-order valence-corrected chi connectivity index (χ1v) is 14.7. The Bertz CT molecular complexity index is 1340. The summed E-state index contributed by atoms with van der Waals surface area (Å²) in [5.41, 5.74) is 0.810. The van der Waals surface area contributed by atoms with Crippen molar-refractivity contribution in [3.63, 3.8) is 0 Å². The monoisotopic (exact) mass is 569 g/mol. The maximum atomic E-state index is 14.0. The van der Waals surface area contributed by atoms with Crippen LogP contribution in [0.15, 0.2) is 89.8 Å². The second-order valence-corrected chi connectivity index (χ2v) is 12.6. The van der Waals surface area contributed by atoms with E-state index in [4.69, 9.17) is 11.6 Å². The molecule has 208 valence electrons. The summed E-state index contributed by atoms with van der Waals surface area (Å²) in [7, 11) is -4.10. The lowest BCUT2D eigenvalue weighted by atomic mass is 10.1. The number of hydrogen-bond donors (Lipinski definition) is 1. The molecule has 0 bridgehead atoms. The van der Waals surface area contributed by atoms with E-state index < -0.39 is 34.1 Å². The number of halogens is 1. The molecular formula is C30H36ClN3O4S. The standard InChI is InChI=1S/C30H36ClN3O4S/c1-5-27(29(36)32-30(2,3)4)33(21-20-23-12-8-6-9-13-23)28(35)22-34(25-18-16-24(31)17-19-25)39(37,38)26-14-10-7-11-15-26/h6-19,27H,5,20-22H2,1-4H3,(H,32,36)/t27-/m1/s1. The zero-order chi connectivity index (χ0) is 28.6. The van der Waals surface area contributed by atoms with Gasteiger partial charge in [0.05, 0.1) is 10.6 Å². The number of nitrogens with one attached hydrogen (secondary N) is 1. The number of amides is 2. The third-order valence-electron chi connectivity index (χ3n) is 6.09. The Morgan fingerprint density at radius 1 is 0.897 bits per heavy atom. The minimum atomic E-state index is -4.10. The Kier molecular flexibility index (Phi) is 10.2. The fourth-order valence-electron chi connectivity index (χ4n) is 4.20. The smallest absolute Gasteiger partial charge is 0.264 e. The van der Waals surface area contributed by atoms with Gasteiger partial charge in [-0.2, -0.15) is 0 Å². The summed E-state index contributed by atoms with van der Waals surface area (Å²) < 4.78 is 28.6. The van der Waals surface area contributed by atoms with Crippen LogP contribution in [0.25, 0.3) is 0 Å². The maximum absolute atomic E-state index is 14.0. The molecular weight excluding hydrogens is 534 g/mol. The Balaban J connectivity index is 2.00. The van der Waals surface area contributed by atoms with Crippen molar-refractivity contribution < 1.29 is 18.0 Å². The zero-order valence-corrected chi connectivity index (χ0v) is 24.4. The number of rotatable bonds is 11. The molecule has 0 aliphatic carbocycles. The maximum Gasteiger partial charge on any atom is 0.264 e. The number of anilines is 1. The second kappa shape index (κ2) is 13.1. The van der Waals surface area contributed by atoms with Crippen LogP contribution in [0.3, 0.4) is 0 Å². The first-order valence-electron chi connectivity index (χ1n) is 12.9. The van der Waals surface area contributed by atoms with Gasteiger partial charge in [0.25, 0.3) is 10.0 Å². The van der Waals surface area contributed by atoms with Crippen LogP contribution < -0.4 is 9.62 Å². The molecule has 1 atom stereocenters. The first kappa shape index (κ1) is 30.2. The fourth-order valence-corrected chi connectivity index (χ4v) is 5.77. The van der Waals surface area contributed by atoms with E-state index in [0.717, 1.165) is 9.87 Å². The Hall–Kier alpha value is -3.36. The lowest BCUT2D eigenvalue weighted by Gasteiger charge is -2.34. The van der Waals surface area contributed by atoms with Crippen LogP contribution >= 0.6 is 11.6 Å². The molecule has 1 N–H and O–H groups in total. The first-order chi connectivity index (χ1) is 18.4. The molecule has 0 spiro atoms. The van der Waals surface area contributed by atoms with Crippen LogP contribution in [0.2, 0.25) is 5.02 Å². The average molecular weight is 570 g/mol. The van der Waals surface area contributed by atoms with Crippen LogP contribution in [0.1, 0.15) is 39.7 Å². The normalized spacial score (nSPS) is 12.4. The van der Waals surface area contributed by atoms with Crippen LogP contribution in [0.5, 0.6) is 0 Å². The molecule has 3 aromatic carbocycles. The number of nitrogens with zero attached hydrogens (tertiary/aromatic N) is 2. The molecule has 0 fully saturated rings. The van der Waals surface area contributed by atoms with E-state index in [-0.39, 0.29) is 17.3 Å². The highest BCUT2D eigenvalue weighted by atomic mass is 35.5. The van der Waals surface area contributed by atoms with E-state index in [1.54, 1.807) is 42.5 Å². The summed E-state index contributed by atoms with van der Waals surface area (Å²) in [4.78, 5) is 28.8. The lowest BCUT2D eigenvalue weighted by molar-refractivity contribution is -0.140. The average Bonchev–Trinajstić information content (AvgIpc) is 2.90. The summed E-state index contributed by atoms with van der Waals surface area (Å²) >= 11 is 6.06. The highest BCUT2D eigenvalue weighted by molar-refractivity contribution is 7.92. The Morgan fingerprint density at radius 2 is 1.46 bits per heavy atom. The Labute approximate surface area is 236 Å². The van der Waals surface area contributed by atoms with E-state index >= 15 is 0 Å². The molecule has 2 amide bonds. The van der Waals surface area contributed by atoms with E-state index in [9.17, 15) is 18.0 Å². The predicted molar refractivity (Wildman–Crippen MR) is 156 cm³/mol. The van der Waals surface area contributed by atoms with Gasteiger partial charge >= 0.3 is 0 Å². The molecule has 0 saturated heterocycles. The van der Waals surface area contributed by atoms with Crippen molar-refractivity contribution in [2.45, 2.75) is 57.0 Å². The van der Waals surface area contributed by atoms with Gasteiger partial charge in [0, 0.05) is 17.1 Å². The third-order valence-corrected chi connectivity index (χ3v) is 8.13. The van der Waals surface area contributed by atoms with Gasteiger partial charge in [-0.25, -0.2) is 8.42 Å². The molecule has 0 aromatic heterocycles. The second-order valence-electron chi connectivity index (χ2n) is 10.3. The molecule has 7 nitrogen and oxygen atoms in total. The van der Waals surface area contributed by atoms with Gasteiger partial charge in [0.15, 0.2) is 0 Å². The van der Waals surface area contributed by atoms with Crippen molar-refractivity contribution in [3.05, 3.63) is 95.5 Å². The predicted octanol–water partition coefficient (Wildman–Crippen LogP) is 5.30. The van der Waals surface area contributed by atoms with Crippen molar-refractivity contribution in [2.24, 2.45) is 0 Å². The number of carbonyl (C=O) groups is 2. The molecule has 3 aromatic rings. The minimum Gasteiger partial charge on any atom is -0.350 e. The fraction of sp³-hybridized carbons (Fsp3) is 0.333. The van der Waals surface area contributed by atoms with Gasteiger partial charge in [-0.05, 0) is 75.6 Å². The summed E-state index contributed by atoms with van der Waals surface area (Å²) in [6.45, 7) is 7.24. The Morgan fingerprint density at radius 3 is 2.00 bits per heavy atom. The third kappa shape index (κ3) is 8.31. The van der Waals surface area contributed by atoms with Crippen molar-refractivity contribution >= 4 is 39.1 Å². The number of benzene rings is 3. The molecule has 0 aliphatic rings. The molecule has 9 heteroatoms. The largest absolute Gasteiger partial charge is 0.350 e. The van der Waals surface area contributed by atoms with Crippen LogP contribution in [0.4, 0.5) is 5.69 Å². The number of carbonyl (C=O) groups excluding carboxylic acids is 2. The van der Waals surface area contributed by atoms with Crippen LogP contribution in [0, 0.1) is 0 Å². The van der Waals surface area contributed by atoms with E-state index in [2.05, 4.69) is 5.32 Å². The van der Waals surface area contributed by atoms with Gasteiger partial charge in [0.2, 0.25) is 11.8 Å². The summed E-state index contributed by atoms with van der Waals surface area (Å²) in [5, 5.41) is 3.41. The lowest BCUT2D eigenvalue weighted by Crippen LogP contribution is -2.56. The van der Waals surface area contributed by atoms with Crippen molar-refractivity contribution in [1.82, 2.24) is 10.2 Å². The molecule has 39 heavy (non-hydrogen) atoms. The van der Waals surface area contributed by atoms with Crippen molar-refractivity contribution in [2.75, 3.05) is 17.4 Å². The molecule has 0 saturated carbocycles. The van der Waals surface area contributed by atoms with E-state index in [1.807, 2.05) is 58.0 Å². The van der Waals surface area contributed by atoms with Gasteiger partial charge in [-0.1, -0.05) is 67.1 Å². The molecule has 0 heterocycles. The summed E-state index contributed by atoms with van der Waals surface area (Å²) in [6, 6.07) is 23.1. The topological polar surface area (TPSA) is 86.8 Å². The number of sulfonamides is 1. The van der Waals surface area contributed by atoms with Crippen molar-refractivity contribution in [1.29, 1.82) is 0 Å². The van der Waals surface area contributed by atoms with Gasteiger partial charge in [-0.15, -0.1) is 0 Å². The van der Waals surface area contributed by atoms with Gasteiger partial charge < -0.3 is 10.2 Å². The SMILES string of the molecule is CC[C@H](C(=O)NC(C)(C)C)N(CCc1ccccc1)C(=O)CN(c1ccc(Cl)cc1)S(=O)(=O)c1ccccc1. The van der Waals surface area contributed by atoms with Crippen LogP contribution in [-0.4, -0.2) is 49.8 Å². The van der Waals surface area contributed by atoms with Gasteiger partial charge in [0.1, 0.15) is 12.6 Å². The van der Waals surface area contributed by atoms with Crippen LogP contribution in [-0.2, 0) is 26.0 Å². The van der Waals surface area contributed by atoms with E-state index in [0.29, 0.717) is 23.6 Å². The summed E-state index contributed by atoms with van der Waals surface area (Å²) in [6.07, 6.45) is 0.882. The summed E-state index contributed by atoms with van der Waals surface area (Å²) in [5.74, 6) is -0.758.